The van der Waals surface area contributed by atoms with Gasteiger partial charge in [-0.1, -0.05) is 23.7 Å². The SMILES string of the molecule is Cc1ccc(C(N)=NO)cc1NC(=O)C1CCC1. The number of rotatable bonds is 3. The minimum absolute atomic E-state index is 0.0362. The summed E-state index contributed by atoms with van der Waals surface area (Å²) in [4.78, 5) is 11.9. The fourth-order valence-electron chi connectivity index (χ4n) is 1.88. The molecule has 0 unspecified atom stereocenters. The Hall–Kier alpha value is -2.04. The Balaban J connectivity index is 2.18. The summed E-state index contributed by atoms with van der Waals surface area (Å²) in [5.74, 6) is 0.229. The number of carbonyl (C=O) groups excluding carboxylic acids is 1. The molecule has 1 aliphatic carbocycles. The molecular formula is C13H17N3O2. The van der Waals surface area contributed by atoms with Crippen molar-refractivity contribution in [1.82, 2.24) is 0 Å². The van der Waals surface area contributed by atoms with Gasteiger partial charge in [0.25, 0.3) is 0 Å². The minimum Gasteiger partial charge on any atom is -0.409 e. The van der Waals surface area contributed by atoms with E-state index < -0.39 is 0 Å². The van der Waals surface area contributed by atoms with Gasteiger partial charge in [-0.25, -0.2) is 0 Å². The Labute approximate surface area is 106 Å². The van der Waals surface area contributed by atoms with Gasteiger partial charge in [-0.2, -0.15) is 0 Å². The standard InChI is InChI=1S/C13H17N3O2/c1-8-5-6-10(12(14)16-18)7-11(8)15-13(17)9-3-2-4-9/h5-7,9,18H,2-4H2,1H3,(H2,14,16)(H,15,17). The summed E-state index contributed by atoms with van der Waals surface area (Å²) in [7, 11) is 0. The maximum atomic E-state index is 11.9. The molecule has 0 aromatic heterocycles. The number of aryl methyl sites for hydroxylation is 1. The first-order valence-corrected chi connectivity index (χ1v) is 6.01. The van der Waals surface area contributed by atoms with Crippen molar-refractivity contribution in [3.63, 3.8) is 0 Å². The molecule has 1 amide bonds. The molecule has 0 aliphatic heterocycles. The molecule has 1 aromatic carbocycles. The Kier molecular flexibility index (Phi) is 3.50. The van der Waals surface area contributed by atoms with Gasteiger partial charge in [0, 0.05) is 17.2 Å². The molecule has 1 saturated carbocycles. The first kappa shape index (κ1) is 12.4. The number of nitrogens with two attached hydrogens (primary N) is 1. The van der Waals surface area contributed by atoms with Crippen LogP contribution in [0.2, 0.25) is 0 Å². The Bertz CT molecular complexity index is 493. The summed E-state index contributed by atoms with van der Waals surface area (Å²) in [6, 6.07) is 5.31. The molecule has 0 radical (unpaired) electrons. The molecule has 96 valence electrons. The predicted octanol–water partition coefficient (Wildman–Crippen LogP) is 1.83. The van der Waals surface area contributed by atoms with E-state index in [0.717, 1.165) is 30.5 Å². The molecule has 1 aromatic rings. The number of amides is 1. The molecule has 4 N–H and O–H groups in total. The molecule has 2 rings (SSSR count). The van der Waals surface area contributed by atoms with Crippen LogP contribution in [0.3, 0.4) is 0 Å². The van der Waals surface area contributed by atoms with Crippen LogP contribution in [0.15, 0.2) is 23.4 Å². The minimum atomic E-state index is 0.0362. The van der Waals surface area contributed by atoms with E-state index in [0.29, 0.717) is 5.56 Å². The summed E-state index contributed by atoms with van der Waals surface area (Å²) in [5.41, 5.74) is 7.79. The summed E-state index contributed by atoms with van der Waals surface area (Å²) in [5, 5.41) is 14.5. The molecule has 5 heteroatoms. The molecule has 0 saturated heterocycles. The fraction of sp³-hybridized carbons (Fsp3) is 0.385. The van der Waals surface area contributed by atoms with Crippen LogP contribution < -0.4 is 11.1 Å². The highest BCUT2D eigenvalue weighted by Gasteiger charge is 2.25. The van der Waals surface area contributed by atoms with Crippen molar-refractivity contribution in [2.24, 2.45) is 16.8 Å². The predicted molar refractivity (Wildman–Crippen MR) is 69.7 cm³/mol. The average molecular weight is 247 g/mol. The van der Waals surface area contributed by atoms with Gasteiger partial charge in [0.1, 0.15) is 0 Å². The number of hydrogen-bond acceptors (Lipinski definition) is 3. The molecule has 0 atom stereocenters. The second-order valence-corrected chi connectivity index (χ2v) is 4.63. The van der Waals surface area contributed by atoms with Crippen molar-refractivity contribution < 1.29 is 10.0 Å². The molecule has 0 bridgehead atoms. The number of carbonyl (C=O) groups is 1. The Morgan fingerprint density at radius 2 is 2.22 bits per heavy atom. The zero-order chi connectivity index (χ0) is 13.1. The van der Waals surface area contributed by atoms with Crippen molar-refractivity contribution in [3.05, 3.63) is 29.3 Å². The van der Waals surface area contributed by atoms with Gasteiger partial charge in [-0.05, 0) is 31.4 Å². The summed E-state index contributed by atoms with van der Waals surface area (Å²) in [6.45, 7) is 1.91. The van der Waals surface area contributed by atoms with E-state index in [-0.39, 0.29) is 17.7 Å². The number of nitrogens with zero attached hydrogens (tertiary/aromatic N) is 1. The summed E-state index contributed by atoms with van der Waals surface area (Å²) in [6.07, 6.45) is 3.05. The van der Waals surface area contributed by atoms with Crippen molar-refractivity contribution in [2.45, 2.75) is 26.2 Å². The zero-order valence-electron chi connectivity index (χ0n) is 10.3. The lowest BCUT2D eigenvalue weighted by atomic mass is 9.85. The van der Waals surface area contributed by atoms with Crippen LogP contribution in [0.1, 0.15) is 30.4 Å². The zero-order valence-corrected chi connectivity index (χ0v) is 10.3. The van der Waals surface area contributed by atoms with Gasteiger partial charge in [-0.15, -0.1) is 0 Å². The normalized spacial score (nSPS) is 16.2. The molecule has 1 fully saturated rings. The van der Waals surface area contributed by atoms with Gasteiger partial charge < -0.3 is 16.3 Å². The van der Waals surface area contributed by atoms with E-state index >= 15 is 0 Å². The lowest BCUT2D eigenvalue weighted by Crippen LogP contribution is -2.28. The Morgan fingerprint density at radius 1 is 1.50 bits per heavy atom. The maximum Gasteiger partial charge on any atom is 0.227 e. The smallest absolute Gasteiger partial charge is 0.227 e. The van der Waals surface area contributed by atoms with Crippen LogP contribution in [-0.4, -0.2) is 17.0 Å². The molecule has 1 aliphatic rings. The third-order valence-electron chi connectivity index (χ3n) is 3.37. The first-order chi connectivity index (χ1) is 8.61. The van der Waals surface area contributed by atoms with Crippen LogP contribution in [0.4, 0.5) is 5.69 Å². The maximum absolute atomic E-state index is 11.9. The second-order valence-electron chi connectivity index (χ2n) is 4.63. The number of hydrogen-bond donors (Lipinski definition) is 3. The highest BCUT2D eigenvalue weighted by atomic mass is 16.4. The van der Waals surface area contributed by atoms with Gasteiger partial charge in [-0.3, -0.25) is 4.79 Å². The highest BCUT2D eigenvalue weighted by Crippen LogP contribution is 2.28. The van der Waals surface area contributed by atoms with Crippen molar-refractivity contribution in [1.29, 1.82) is 0 Å². The largest absolute Gasteiger partial charge is 0.409 e. The molecule has 18 heavy (non-hydrogen) atoms. The summed E-state index contributed by atoms with van der Waals surface area (Å²) >= 11 is 0. The highest BCUT2D eigenvalue weighted by molar-refractivity contribution is 6.00. The Morgan fingerprint density at radius 3 is 2.78 bits per heavy atom. The van der Waals surface area contributed by atoms with Gasteiger partial charge >= 0.3 is 0 Å². The quantitative estimate of drug-likeness (QED) is 0.329. The second kappa shape index (κ2) is 5.08. The number of oxime groups is 1. The van der Waals surface area contributed by atoms with E-state index in [1.165, 1.54) is 0 Å². The van der Waals surface area contributed by atoms with E-state index in [9.17, 15) is 4.79 Å². The van der Waals surface area contributed by atoms with Crippen LogP contribution in [0.25, 0.3) is 0 Å². The topological polar surface area (TPSA) is 87.7 Å². The van der Waals surface area contributed by atoms with Crippen LogP contribution in [0, 0.1) is 12.8 Å². The third-order valence-corrected chi connectivity index (χ3v) is 3.37. The number of amidine groups is 1. The van der Waals surface area contributed by atoms with Crippen LogP contribution in [-0.2, 0) is 4.79 Å². The fourth-order valence-corrected chi connectivity index (χ4v) is 1.88. The van der Waals surface area contributed by atoms with Gasteiger partial charge in [0.15, 0.2) is 5.84 Å². The van der Waals surface area contributed by atoms with E-state index in [2.05, 4.69) is 10.5 Å². The van der Waals surface area contributed by atoms with Crippen molar-refractivity contribution in [3.8, 4) is 0 Å². The van der Waals surface area contributed by atoms with Gasteiger partial charge in [0.05, 0.1) is 0 Å². The molecule has 5 nitrogen and oxygen atoms in total. The van der Waals surface area contributed by atoms with Gasteiger partial charge in [0.2, 0.25) is 5.91 Å². The van der Waals surface area contributed by atoms with Crippen LogP contribution in [0.5, 0.6) is 0 Å². The van der Waals surface area contributed by atoms with Crippen molar-refractivity contribution in [2.75, 3.05) is 5.32 Å². The lowest BCUT2D eigenvalue weighted by molar-refractivity contribution is -0.122. The van der Waals surface area contributed by atoms with E-state index in [1.807, 2.05) is 13.0 Å². The lowest BCUT2D eigenvalue weighted by Gasteiger charge is -2.24. The summed E-state index contributed by atoms with van der Waals surface area (Å²) < 4.78 is 0. The number of nitrogens with one attached hydrogen (secondary N) is 1. The molecule has 0 heterocycles. The number of anilines is 1. The van der Waals surface area contributed by atoms with Crippen LogP contribution >= 0.6 is 0 Å². The molecule has 0 spiro atoms. The molecular weight excluding hydrogens is 230 g/mol. The van der Waals surface area contributed by atoms with E-state index in [4.69, 9.17) is 10.9 Å². The monoisotopic (exact) mass is 247 g/mol. The third kappa shape index (κ3) is 2.45. The average Bonchev–Trinajstić information content (AvgIpc) is 2.28. The first-order valence-electron chi connectivity index (χ1n) is 6.01. The number of benzene rings is 1. The van der Waals surface area contributed by atoms with Crippen molar-refractivity contribution >= 4 is 17.4 Å². The van der Waals surface area contributed by atoms with E-state index in [1.54, 1.807) is 12.1 Å².